The number of rotatable bonds is 8. The van der Waals surface area contributed by atoms with E-state index in [1.807, 2.05) is 18.2 Å². The Bertz CT molecular complexity index is 956. The molecule has 1 fully saturated rings. The van der Waals surface area contributed by atoms with Gasteiger partial charge in [-0.3, -0.25) is 4.90 Å². The summed E-state index contributed by atoms with van der Waals surface area (Å²) in [6, 6.07) is 18.7. The molecule has 0 bridgehead atoms. The fourth-order valence-electron chi connectivity index (χ4n) is 3.62. The number of aryl methyl sites for hydroxylation is 1. The molecule has 0 aliphatic carbocycles. The van der Waals surface area contributed by atoms with E-state index in [2.05, 4.69) is 68.8 Å². The minimum absolute atomic E-state index is 0.583. The van der Waals surface area contributed by atoms with E-state index in [9.17, 15) is 0 Å². The molecule has 0 unspecified atom stereocenters. The van der Waals surface area contributed by atoms with Crippen molar-refractivity contribution in [3.8, 4) is 0 Å². The molecular formula is C24H29N5O. The van der Waals surface area contributed by atoms with Gasteiger partial charge >= 0.3 is 0 Å². The van der Waals surface area contributed by atoms with Crippen molar-refractivity contribution in [1.29, 1.82) is 0 Å². The first-order chi connectivity index (χ1) is 14.8. The molecule has 2 heterocycles. The van der Waals surface area contributed by atoms with Crippen LogP contribution < -0.4 is 10.6 Å². The number of anilines is 4. The summed E-state index contributed by atoms with van der Waals surface area (Å²) >= 11 is 0. The van der Waals surface area contributed by atoms with Crippen molar-refractivity contribution in [2.75, 3.05) is 43.5 Å². The molecule has 4 rings (SSSR count). The molecule has 156 valence electrons. The van der Waals surface area contributed by atoms with Crippen LogP contribution in [0.15, 0.2) is 60.8 Å². The van der Waals surface area contributed by atoms with Gasteiger partial charge in [-0.2, -0.15) is 4.98 Å². The Labute approximate surface area is 178 Å². The first kappa shape index (κ1) is 20.3. The van der Waals surface area contributed by atoms with E-state index in [-0.39, 0.29) is 0 Å². The summed E-state index contributed by atoms with van der Waals surface area (Å²) in [5.74, 6) is 1.36. The lowest BCUT2D eigenvalue weighted by atomic mass is 10.1. The second-order valence-electron chi connectivity index (χ2n) is 7.43. The normalized spacial score (nSPS) is 14.4. The van der Waals surface area contributed by atoms with Crippen LogP contribution in [-0.4, -0.2) is 47.7 Å². The second kappa shape index (κ2) is 10.2. The third-order valence-electron chi connectivity index (χ3n) is 5.32. The second-order valence-corrected chi connectivity index (χ2v) is 7.43. The van der Waals surface area contributed by atoms with Crippen LogP contribution in [0.5, 0.6) is 0 Å². The van der Waals surface area contributed by atoms with Crippen LogP contribution in [0.4, 0.5) is 23.1 Å². The van der Waals surface area contributed by atoms with Crippen LogP contribution >= 0.6 is 0 Å². The highest BCUT2D eigenvalue weighted by atomic mass is 16.5. The maximum atomic E-state index is 5.43. The quantitative estimate of drug-likeness (QED) is 0.581. The number of nitrogens with zero attached hydrogens (tertiary/aromatic N) is 3. The van der Waals surface area contributed by atoms with Gasteiger partial charge in [-0.1, -0.05) is 37.3 Å². The van der Waals surface area contributed by atoms with E-state index in [0.29, 0.717) is 5.95 Å². The fourth-order valence-corrected chi connectivity index (χ4v) is 3.62. The van der Waals surface area contributed by atoms with Crippen LogP contribution in [-0.2, 0) is 17.6 Å². The van der Waals surface area contributed by atoms with Crippen LogP contribution in [0.3, 0.4) is 0 Å². The molecule has 0 amide bonds. The van der Waals surface area contributed by atoms with E-state index in [1.165, 1.54) is 11.1 Å². The first-order valence-electron chi connectivity index (χ1n) is 10.6. The molecule has 0 saturated carbocycles. The lowest BCUT2D eigenvalue weighted by Gasteiger charge is -2.26. The van der Waals surface area contributed by atoms with Gasteiger partial charge in [0.05, 0.1) is 13.2 Å². The Morgan fingerprint density at radius 1 is 1.00 bits per heavy atom. The van der Waals surface area contributed by atoms with Crippen molar-refractivity contribution >= 4 is 23.1 Å². The molecular weight excluding hydrogens is 374 g/mol. The Morgan fingerprint density at radius 2 is 1.87 bits per heavy atom. The van der Waals surface area contributed by atoms with E-state index >= 15 is 0 Å². The molecule has 1 aliphatic heterocycles. The maximum Gasteiger partial charge on any atom is 0.229 e. The lowest BCUT2D eigenvalue weighted by molar-refractivity contribution is 0.0384. The molecule has 3 aromatic rings. The van der Waals surface area contributed by atoms with Crippen molar-refractivity contribution in [2.45, 2.75) is 19.8 Å². The van der Waals surface area contributed by atoms with Crippen LogP contribution in [0.1, 0.15) is 18.1 Å². The van der Waals surface area contributed by atoms with Gasteiger partial charge in [-0.05, 0) is 48.2 Å². The Hall–Kier alpha value is -2.96. The smallest absolute Gasteiger partial charge is 0.229 e. The molecule has 1 aromatic heterocycles. The van der Waals surface area contributed by atoms with Gasteiger partial charge in [0.2, 0.25) is 5.95 Å². The summed E-state index contributed by atoms with van der Waals surface area (Å²) in [6.07, 6.45) is 3.76. The Kier molecular flexibility index (Phi) is 6.90. The monoisotopic (exact) mass is 403 g/mol. The average Bonchev–Trinajstić information content (AvgIpc) is 2.79. The van der Waals surface area contributed by atoms with Gasteiger partial charge in [-0.15, -0.1) is 0 Å². The van der Waals surface area contributed by atoms with Gasteiger partial charge in [0.25, 0.3) is 0 Å². The van der Waals surface area contributed by atoms with Crippen LogP contribution in [0.2, 0.25) is 0 Å². The topological polar surface area (TPSA) is 62.3 Å². The maximum absolute atomic E-state index is 5.43. The van der Waals surface area contributed by atoms with Crippen LogP contribution in [0, 0.1) is 0 Å². The summed E-state index contributed by atoms with van der Waals surface area (Å²) < 4.78 is 5.43. The van der Waals surface area contributed by atoms with E-state index < -0.39 is 0 Å². The van der Waals surface area contributed by atoms with Crippen LogP contribution in [0.25, 0.3) is 0 Å². The number of morpholine rings is 1. The van der Waals surface area contributed by atoms with Crippen molar-refractivity contribution in [3.05, 3.63) is 71.9 Å². The van der Waals surface area contributed by atoms with Gasteiger partial charge in [0.15, 0.2) is 0 Å². The first-order valence-corrected chi connectivity index (χ1v) is 10.6. The molecule has 0 atom stereocenters. The Balaban J connectivity index is 1.40. The molecule has 1 saturated heterocycles. The van der Waals surface area contributed by atoms with Crippen molar-refractivity contribution < 1.29 is 4.74 Å². The minimum Gasteiger partial charge on any atom is -0.379 e. The highest BCUT2D eigenvalue weighted by Gasteiger charge is 2.10. The fraction of sp³-hybridized carbons (Fsp3) is 0.333. The van der Waals surface area contributed by atoms with Gasteiger partial charge in [0, 0.05) is 37.2 Å². The molecule has 0 spiro atoms. The zero-order valence-electron chi connectivity index (χ0n) is 17.5. The number of hydrogen-bond acceptors (Lipinski definition) is 6. The number of para-hydroxylation sites is 1. The summed E-state index contributed by atoms with van der Waals surface area (Å²) in [6.45, 7) is 6.93. The van der Waals surface area contributed by atoms with Gasteiger partial charge in [-0.25, -0.2) is 4.98 Å². The minimum atomic E-state index is 0.583. The standard InChI is InChI=1S/C24H29N5O/c1-2-20-7-3-4-9-22(20)27-23-10-12-25-24(28-23)26-21-8-5-6-19(18-21)11-13-29-14-16-30-17-15-29/h3-10,12,18H,2,11,13-17H2,1H3,(H2,25,26,27,28). The van der Waals surface area contributed by atoms with E-state index in [0.717, 1.165) is 62.9 Å². The number of hydrogen-bond donors (Lipinski definition) is 2. The van der Waals surface area contributed by atoms with Crippen molar-refractivity contribution in [2.24, 2.45) is 0 Å². The number of benzene rings is 2. The lowest BCUT2D eigenvalue weighted by Crippen LogP contribution is -2.37. The van der Waals surface area contributed by atoms with E-state index in [1.54, 1.807) is 6.20 Å². The largest absolute Gasteiger partial charge is 0.379 e. The molecule has 1 aliphatic rings. The summed E-state index contributed by atoms with van der Waals surface area (Å²) in [5, 5.41) is 6.75. The van der Waals surface area contributed by atoms with Crippen molar-refractivity contribution in [3.63, 3.8) is 0 Å². The number of aromatic nitrogens is 2. The molecule has 0 radical (unpaired) electrons. The zero-order chi connectivity index (χ0) is 20.6. The molecule has 6 nitrogen and oxygen atoms in total. The molecule has 30 heavy (non-hydrogen) atoms. The summed E-state index contributed by atoms with van der Waals surface area (Å²) in [5.41, 5.74) is 4.64. The highest BCUT2D eigenvalue weighted by molar-refractivity contribution is 5.62. The molecule has 6 heteroatoms. The Morgan fingerprint density at radius 3 is 2.73 bits per heavy atom. The SMILES string of the molecule is CCc1ccccc1Nc1ccnc(Nc2cccc(CCN3CCOCC3)c2)n1. The number of nitrogens with one attached hydrogen (secondary N) is 2. The average molecular weight is 404 g/mol. The zero-order valence-corrected chi connectivity index (χ0v) is 17.5. The highest BCUT2D eigenvalue weighted by Crippen LogP contribution is 2.21. The third-order valence-corrected chi connectivity index (χ3v) is 5.32. The van der Waals surface area contributed by atoms with Gasteiger partial charge < -0.3 is 15.4 Å². The van der Waals surface area contributed by atoms with Gasteiger partial charge in [0.1, 0.15) is 5.82 Å². The summed E-state index contributed by atoms with van der Waals surface area (Å²) in [7, 11) is 0. The molecule has 2 aromatic carbocycles. The predicted octanol–water partition coefficient (Wildman–Crippen LogP) is 4.40. The summed E-state index contributed by atoms with van der Waals surface area (Å²) in [4.78, 5) is 11.5. The van der Waals surface area contributed by atoms with E-state index in [4.69, 9.17) is 4.74 Å². The third kappa shape index (κ3) is 5.55. The number of ether oxygens (including phenoxy) is 1. The molecule has 2 N–H and O–H groups in total. The predicted molar refractivity (Wildman–Crippen MR) is 122 cm³/mol. The van der Waals surface area contributed by atoms with Crippen molar-refractivity contribution in [1.82, 2.24) is 14.9 Å².